The van der Waals surface area contributed by atoms with E-state index in [9.17, 15) is 4.79 Å². The van der Waals surface area contributed by atoms with E-state index in [1.54, 1.807) is 26.1 Å². The molecule has 0 aromatic heterocycles. The van der Waals surface area contributed by atoms with Gasteiger partial charge in [0.2, 0.25) is 5.91 Å². The molecule has 0 spiro atoms. The summed E-state index contributed by atoms with van der Waals surface area (Å²) in [4.78, 5) is 17.9. The minimum Gasteiger partial charge on any atom is -0.381 e. The summed E-state index contributed by atoms with van der Waals surface area (Å²) in [5, 5.41) is 6.88. The summed E-state index contributed by atoms with van der Waals surface area (Å²) in [6.07, 6.45) is 1.97. The van der Waals surface area contributed by atoms with E-state index in [1.807, 2.05) is 0 Å². The average Bonchev–Trinajstić information content (AvgIpc) is 3.09. The van der Waals surface area contributed by atoms with Gasteiger partial charge in [-0.3, -0.25) is 4.79 Å². The Kier molecular flexibility index (Phi) is 6.32. The molecule has 0 aromatic carbocycles. The van der Waals surface area contributed by atoms with Crippen LogP contribution in [0.25, 0.3) is 0 Å². The minimum atomic E-state index is -0.144. The van der Waals surface area contributed by atoms with Crippen molar-refractivity contribution in [1.82, 2.24) is 15.5 Å². The number of aliphatic imine (C=N–C) groups is 1. The minimum absolute atomic E-state index is 0.0140. The third-order valence-corrected chi connectivity index (χ3v) is 6.04. The molecular weight excluding hydrogens is 320 g/mol. The average molecular weight is 354 g/mol. The number of likely N-dealkylation sites (N-methyl/N-ethyl adjacent to an activating group) is 1. The molecule has 1 aliphatic carbocycles. The zero-order valence-electron chi connectivity index (χ0n) is 16.5. The van der Waals surface area contributed by atoms with Crippen LogP contribution in [0.2, 0.25) is 0 Å². The Morgan fingerprint density at radius 2 is 2.08 bits per heavy atom. The fraction of sp³-hybridized carbons (Fsp3) is 0.889. The van der Waals surface area contributed by atoms with Crippen molar-refractivity contribution in [2.24, 2.45) is 16.3 Å². The fourth-order valence-electron chi connectivity index (χ4n) is 3.31. The second-order valence-electron chi connectivity index (χ2n) is 8.12. The molecule has 7 nitrogen and oxygen atoms in total. The summed E-state index contributed by atoms with van der Waals surface area (Å²) in [6, 6.07) is 0.248. The number of carbonyl (C=O) groups is 1. The topological polar surface area (TPSA) is 75.2 Å². The number of nitrogens with one attached hydrogen (secondary N) is 2. The van der Waals surface area contributed by atoms with Gasteiger partial charge in [-0.15, -0.1) is 0 Å². The highest BCUT2D eigenvalue weighted by molar-refractivity contribution is 5.85. The van der Waals surface area contributed by atoms with Crippen LogP contribution in [0.4, 0.5) is 0 Å². The predicted molar refractivity (Wildman–Crippen MR) is 98.7 cm³/mol. The summed E-state index contributed by atoms with van der Waals surface area (Å²) < 4.78 is 11.1. The van der Waals surface area contributed by atoms with Crippen LogP contribution in [0.1, 0.15) is 33.6 Å². The molecule has 0 bridgehead atoms. The Balaban J connectivity index is 1.98. The lowest BCUT2D eigenvalue weighted by Crippen LogP contribution is -2.69. The van der Waals surface area contributed by atoms with Crippen molar-refractivity contribution >= 4 is 11.9 Å². The first-order valence-corrected chi connectivity index (χ1v) is 9.07. The van der Waals surface area contributed by atoms with Gasteiger partial charge in [-0.1, -0.05) is 13.8 Å². The molecule has 1 heterocycles. The highest BCUT2D eigenvalue weighted by atomic mass is 16.5. The van der Waals surface area contributed by atoms with E-state index in [0.717, 1.165) is 32.6 Å². The van der Waals surface area contributed by atoms with E-state index < -0.39 is 0 Å². The number of hydrogen-bond donors (Lipinski definition) is 2. The van der Waals surface area contributed by atoms with Gasteiger partial charge in [0.25, 0.3) is 0 Å². The molecule has 0 aromatic rings. The number of hydrogen-bond acceptors (Lipinski definition) is 4. The molecule has 1 saturated heterocycles. The molecule has 1 aliphatic heterocycles. The van der Waals surface area contributed by atoms with Gasteiger partial charge in [-0.2, -0.15) is 0 Å². The van der Waals surface area contributed by atoms with Crippen molar-refractivity contribution < 1.29 is 14.3 Å². The fourth-order valence-corrected chi connectivity index (χ4v) is 3.31. The van der Waals surface area contributed by atoms with Crippen LogP contribution in [-0.2, 0) is 14.3 Å². The van der Waals surface area contributed by atoms with Gasteiger partial charge in [0.05, 0.1) is 12.2 Å². The smallest absolute Gasteiger partial charge is 0.243 e. The van der Waals surface area contributed by atoms with E-state index in [4.69, 9.17) is 9.47 Å². The normalized spacial score (nSPS) is 31.4. The van der Waals surface area contributed by atoms with E-state index in [1.165, 1.54) is 0 Å². The van der Waals surface area contributed by atoms with Gasteiger partial charge >= 0.3 is 0 Å². The van der Waals surface area contributed by atoms with E-state index in [0.29, 0.717) is 11.9 Å². The lowest BCUT2D eigenvalue weighted by molar-refractivity contribution is -0.176. The highest BCUT2D eigenvalue weighted by Gasteiger charge is 2.58. The molecule has 25 heavy (non-hydrogen) atoms. The van der Waals surface area contributed by atoms with Gasteiger partial charge in [0.15, 0.2) is 5.96 Å². The maximum Gasteiger partial charge on any atom is 0.243 e. The monoisotopic (exact) mass is 354 g/mol. The van der Waals surface area contributed by atoms with Crippen molar-refractivity contribution in [1.29, 1.82) is 0 Å². The van der Waals surface area contributed by atoms with E-state index in [-0.39, 0.29) is 29.5 Å². The largest absolute Gasteiger partial charge is 0.381 e. The summed E-state index contributed by atoms with van der Waals surface area (Å²) in [5.41, 5.74) is -0.166. The molecule has 7 heteroatoms. The number of carbonyl (C=O) groups excluding carboxylic acids is 1. The molecule has 3 unspecified atom stereocenters. The summed E-state index contributed by atoms with van der Waals surface area (Å²) >= 11 is 0. The Morgan fingerprint density at radius 1 is 1.36 bits per heavy atom. The number of ether oxygens (including phenoxy) is 2. The zero-order chi connectivity index (χ0) is 18.7. The van der Waals surface area contributed by atoms with Gasteiger partial charge in [-0.05, 0) is 19.8 Å². The molecule has 2 N–H and O–H groups in total. The molecule has 144 valence electrons. The third kappa shape index (κ3) is 4.44. The Bertz CT molecular complexity index is 501. The van der Waals surface area contributed by atoms with Crippen molar-refractivity contribution in [3.63, 3.8) is 0 Å². The van der Waals surface area contributed by atoms with E-state index >= 15 is 0 Å². The van der Waals surface area contributed by atoms with Gasteiger partial charge in [0.1, 0.15) is 6.54 Å². The molecule has 0 radical (unpaired) electrons. The molecule has 3 atom stereocenters. The van der Waals surface area contributed by atoms with Crippen molar-refractivity contribution in [3.8, 4) is 0 Å². The van der Waals surface area contributed by atoms with Gasteiger partial charge in [-0.25, -0.2) is 4.99 Å². The van der Waals surface area contributed by atoms with Gasteiger partial charge in [0, 0.05) is 51.7 Å². The van der Waals surface area contributed by atoms with Gasteiger partial charge < -0.3 is 25.0 Å². The predicted octanol–water partition coefficient (Wildman–Crippen LogP) is 0.850. The van der Waals surface area contributed by atoms with Crippen LogP contribution in [0.15, 0.2) is 4.99 Å². The first-order chi connectivity index (χ1) is 11.7. The van der Waals surface area contributed by atoms with Crippen LogP contribution < -0.4 is 10.6 Å². The van der Waals surface area contributed by atoms with Crippen molar-refractivity contribution in [2.75, 3.05) is 47.5 Å². The quantitative estimate of drug-likeness (QED) is 0.546. The SMILES string of the molecule is COC1(C)CC(NC(=NCC(=O)N(C)C)NCC2CCOC2)C1(C)C. The highest BCUT2D eigenvalue weighted by Crippen LogP contribution is 2.51. The Labute approximate surface area is 151 Å². The Hall–Kier alpha value is -1.34. The maximum absolute atomic E-state index is 11.9. The lowest BCUT2D eigenvalue weighted by Gasteiger charge is -2.59. The first-order valence-electron chi connectivity index (χ1n) is 9.07. The van der Waals surface area contributed by atoms with Crippen LogP contribution in [-0.4, -0.2) is 75.9 Å². The van der Waals surface area contributed by atoms with Crippen LogP contribution >= 0.6 is 0 Å². The molecule has 1 saturated carbocycles. The molecular formula is C18H34N4O3. The summed E-state index contributed by atoms with van der Waals surface area (Å²) in [5.74, 6) is 1.17. The molecule has 2 aliphatic rings. The van der Waals surface area contributed by atoms with Crippen molar-refractivity contribution in [3.05, 3.63) is 0 Å². The summed E-state index contributed by atoms with van der Waals surface area (Å²) in [6.45, 7) is 9.09. The number of rotatable bonds is 6. The number of nitrogens with zero attached hydrogens (tertiary/aromatic N) is 2. The Morgan fingerprint density at radius 3 is 2.60 bits per heavy atom. The number of methoxy groups -OCH3 is 1. The molecule has 1 amide bonds. The zero-order valence-corrected chi connectivity index (χ0v) is 16.5. The number of amides is 1. The lowest BCUT2D eigenvalue weighted by atomic mass is 9.56. The van der Waals surface area contributed by atoms with E-state index in [2.05, 4.69) is 36.4 Å². The summed E-state index contributed by atoms with van der Waals surface area (Å²) in [7, 11) is 5.25. The van der Waals surface area contributed by atoms with Crippen molar-refractivity contribution in [2.45, 2.75) is 45.3 Å². The van der Waals surface area contributed by atoms with Crippen LogP contribution in [0.5, 0.6) is 0 Å². The van der Waals surface area contributed by atoms with Crippen LogP contribution in [0.3, 0.4) is 0 Å². The first kappa shape index (κ1) is 20.0. The number of guanidine groups is 1. The molecule has 2 fully saturated rings. The van der Waals surface area contributed by atoms with Crippen LogP contribution in [0, 0.1) is 11.3 Å². The second-order valence-corrected chi connectivity index (χ2v) is 8.12. The second kappa shape index (κ2) is 7.91. The molecule has 2 rings (SSSR count). The standard InChI is InChI=1S/C18H34N4O3/c1-17(2)14(9-18(17,3)24-6)21-16(20-11-15(23)22(4)5)19-10-13-7-8-25-12-13/h13-14H,7-12H2,1-6H3,(H2,19,20,21). The third-order valence-electron chi connectivity index (χ3n) is 6.04. The maximum atomic E-state index is 11.9.